The second-order valence-corrected chi connectivity index (χ2v) is 10.5. The monoisotopic (exact) mass is 552 g/mol. The molecule has 0 amide bonds. The molecule has 0 saturated carbocycles. The number of piperazine rings is 1. The van der Waals surface area contributed by atoms with Crippen LogP contribution in [0.5, 0.6) is 0 Å². The number of anilines is 3. The highest BCUT2D eigenvalue weighted by Gasteiger charge is 2.28. The average molecular weight is 553 g/mol. The van der Waals surface area contributed by atoms with Gasteiger partial charge in [0.25, 0.3) is 0 Å². The highest BCUT2D eigenvalue weighted by molar-refractivity contribution is 7.99. The second kappa shape index (κ2) is 12.0. The maximum absolute atomic E-state index is 12.6. The predicted octanol–water partition coefficient (Wildman–Crippen LogP) is 2.29. The molecule has 0 aliphatic carbocycles. The van der Waals surface area contributed by atoms with Crippen molar-refractivity contribution in [1.29, 1.82) is 0 Å². The summed E-state index contributed by atoms with van der Waals surface area (Å²) < 4.78 is 44.5. The van der Waals surface area contributed by atoms with Crippen molar-refractivity contribution in [2.75, 3.05) is 67.7 Å². The summed E-state index contributed by atoms with van der Waals surface area (Å²) in [6, 6.07) is 2.00. The van der Waals surface area contributed by atoms with Crippen LogP contribution in [-0.4, -0.2) is 104 Å². The molecule has 0 bridgehead atoms. The number of halogens is 3. The van der Waals surface area contributed by atoms with Gasteiger partial charge in [-0.15, -0.1) is 0 Å². The van der Waals surface area contributed by atoms with E-state index >= 15 is 0 Å². The molecule has 15 heteroatoms. The van der Waals surface area contributed by atoms with Crippen LogP contribution in [0.25, 0.3) is 11.0 Å². The number of alkyl halides is 3. The summed E-state index contributed by atoms with van der Waals surface area (Å²) in [5.41, 5.74) is 2.04. The standard InChI is InChI=1S/C23H31F3N10OS/c1-16-12-35(5-4-28-16)22-31-19-17(13-34-7-10-38-11-8-34)33-36(6-9-37-14-23(24,25)26)20(19)21(32-22)30-18-2-3-27-15-29-18/h2-3,15-16,28H,4-14H2,1H3,(H,27,29,30,31,32)/t16-/m1/s1. The molecule has 2 aliphatic heterocycles. The van der Waals surface area contributed by atoms with Gasteiger partial charge in [-0.05, 0) is 13.0 Å². The van der Waals surface area contributed by atoms with E-state index in [9.17, 15) is 13.2 Å². The van der Waals surface area contributed by atoms with Gasteiger partial charge in [0.15, 0.2) is 5.82 Å². The maximum atomic E-state index is 12.6. The first-order valence-electron chi connectivity index (χ1n) is 12.6. The Labute approximate surface area is 222 Å². The van der Waals surface area contributed by atoms with Crippen LogP contribution < -0.4 is 15.5 Å². The van der Waals surface area contributed by atoms with Crippen LogP contribution in [-0.2, 0) is 17.8 Å². The fourth-order valence-corrected chi connectivity index (χ4v) is 5.52. The molecule has 5 rings (SSSR count). The molecule has 5 heterocycles. The smallest absolute Gasteiger partial charge is 0.370 e. The minimum absolute atomic E-state index is 0.119. The molecule has 2 fully saturated rings. The van der Waals surface area contributed by atoms with Crippen LogP contribution in [0.2, 0.25) is 0 Å². The van der Waals surface area contributed by atoms with Crippen LogP contribution in [0.1, 0.15) is 12.6 Å². The number of aromatic nitrogens is 6. The zero-order valence-corrected chi connectivity index (χ0v) is 21.9. The Morgan fingerprint density at radius 2 is 2.05 bits per heavy atom. The molecule has 0 unspecified atom stereocenters. The number of hydrogen-bond acceptors (Lipinski definition) is 11. The molecule has 2 saturated heterocycles. The highest BCUT2D eigenvalue weighted by atomic mass is 32.2. The van der Waals surface area contributed by atoms with Crippen LogP contribution >= 0.6 is 11.8 Å². The van der Waals surface area contributed by atoms with Crippen molar-refractivity contribution in [3.8, 4) is 0 Å². The molecule has 0 radical (unpaired) electrons. The summed E-state index contributed by atoms with van der Waals surface area (Å²) in [7, 11) is 0. The Hall–Kier alpha value is -2.75. The zero-order valence-electron chi connectivity index (χ0n) is 21.1. The van der Waals surface area contributed by atoms with Crippen LogP contribution in [0, 0.1) is 0 Å². The van der Waals surface area contributed by atoms with E-state index in [1.807, 2.05) is 11.8 Å². The Morgan fingerprint density at radius 3 is 2.79 bits per heavy atom. The van der Waals surface area contributed by atoms with Gasteiger partial charge in [-0.1, -0.05) is 0 Å². The summed E-state index contributed by atoms with van der Waals surface area (Å²) in [6.45, 7) is 5.55. The molecule has 0 spiro atoms. The normalized spacial score (nSPS) is 19.3. The van der Waals surface area contributed by atoms with E-state index in [0.717, 1.165) is 49.9 Å². The van der Waals surface area contributed by atoms with Crippen LogP contribution in [0.4, 0.5) is 30.8 Å². The highest BCUT2D eigenvalue weighted by Crippen LogP contribution is 2.30. The van der Waals surface area contributed by atoms with E-state index < -0.39 is 12.8 Å². The number of rotatable bonds is 9. The van der Waals surface area contributed by atoms with Crippen LogP contribution in [0.3, 0.4) is 0 Å². The third-order valence-corrected chi connectivity index (χ3v) is 7.26. The number of thioether (sulfide) groups is 1. The third-order valence-electron chi connectivity index (χ3n) is 6.32. The van der Waals surface area contributed by atoms with Gasteiger partial charge in [-0.2, -0.15) is 35.0 Å². The lowest BCUT2D eigenvalue weighted by molar-refractivity contribution is -0.174. The molecule has 1 atom stereocenters. The lowest BCUT2D eigenvalue weighted by Gasteiger charge is -2.32. The van der Waals surface area contributed by atoms with Crippen molar-refractivity contribution in [1.82, 2.24) is 39.9 Å². The fraction of sp³-hybridized carbons (Fsp3) is 0.609. The molecule has 11 nitrogen and oxygen atoms in total. The van der Waals surface area contributed by atoms with E-state index in [0.29, 0.717) is 35.2 Å². The Morgan fingerprint density at radius 1 is 1.21 bits per heavy atom. The SMILES string of the molecule is C[C@@H]1CN(c2nc(Nc3ccncn3)c3c(n2)c(CN2CCSCC2)nn3CCOCC(F)(F)F)CCN1. The summed E-state index contributed by atoms with van der Waals surface area (Å²) in [4.78, 5) is 22.5. The van der Waals surface area contributed by atoms with Gasteiger partial charge >= 0.3 is 6.18 Å². The minimum atomic E-state index is -4.39. The number of hydrogen-bond donors (Lipinski definition) is 2. The first-order chi connectivity index (χ1) is 18.4. The van der Waals surface area contributed by atoms with E-state index in [-0.39, 0.29) is 19.2 Å². The topological polar surface area (TPSA) is 109 Å². The van der Waals surface area contributed by atoms with E-state index in [4.69, 9.17) is 19.8 Å². The predicted molar refractivity (Wildman–Crippen MR) is 140 cm³/mol. The van der Waals surface area contributed by atoms with Gasteiger partial charge in [0.2, 0.25) is 5.95 Å². The lowest BCUT2D eigenvalue weighted by atomic mass is 10.2. The van der Waals surface area contributed by atoms with Gasteiger partial charge in [0.1, 0.15) is 35.5 Å². The van der Waals surface area contributed by atoms with Crippen molar-refractivity contribution in [3.05, 3.63) is 24.3 Å². The lowest BCUT2D eigenvalue weighted by Crippen LogP contribution is -2.49. The minimum Gasteiger partial charge on any atom is -0.370 e. The number of nitrogens with zero attached hydrogens (tertiary/aromatic N) is 8. The first kappa shape index (κ1) is 26.8. The molecule has 3 aromatic rings. The van der Waals surface area contributed by atoms with Gasteiger partial charge in [0.05, 0.1) is 13.2 Å². The molecule has 2 aliphatic rings. The fourth-order valence-electron chi connectivity index (χ4n) is 4.54. The van der Waals surface area contributed by atoms with E-state index in [1.54, 1.807) is 16.9 Å². The van der Waals surface area contributed by atoms with Gasteiger partial charge < -0.3 is 20.3 Å². The molecule has 0 aromatic carbocycles. The number of nitrogens with one attached hydrogen (secondary N) is 2. The summed E-state index contributed by atoms with van der Waals surface area (Å²) in [5, 5.41) is 11.5. The molecule has 206 valence electrons. The first-order valence-corrected chi connectivity index (χ1v) is 13.7. The molecular formula is C23H31F3N10OS. The Kier molecular flexibility index (Phi) is 8.45. The third kappa shape index (κ3) is 6.81. The molecule has 2 N–H and O–H groups in total. The number of fused-ring (bicyclic) bond motifs is 1. The largest absolute Gasteiger partial charge is 0.411 e. The van der Waals surface area contributed by atoms with Crippen molar-refractivity contribution >= 4 is 40.4 Å². The molecule has 38 heavy (non-hydrogen) atoms. The maximum Gasteiger partial charge on any atom is 0.411 e. The molecular weight excluding hydrogens is 521 g/mol. The number of ether oxygens (including phenoxy) is 1. The summed E-state index contributed by atoms with van der Waals surface area (Å²) in [5.74, 6) is 3.69. The Balaban J connectivity index is 1.54. The van der Waals surface area contributed by atoms with Crippen molar-refractivity contribution in [3.63, 3.8) is 0 Å². The van der Waals surface area contributed by atoms with E-state index in [1.165, 1.54) is 6.33 Å². The van der Waals surface area contributed by atoms with Crippen LogP contribution in [0.15, 0.2) is 18.6 Å². The van der Waals surface area contributed by atoms with Gasteiger partial charge in [-0.3, -0.25) is 9.58 Å². The Bertz CT molecular complexity index is 1210. The van der Waals surface area contributed by atoms with Gasteiger partial charge in [-0.25, -0.2) is 15.0 Å². The summed E-state index contributed by atoms with van der Waals surface area (Å²) in [6.07, 6.45) is -1.34. The van der Waals surface area contributed by atoms with Gasteiger partial charge in [0, 0.05) is 63.0 Å². The van der Waals surface area contributed by atoms with E-state index in [2.05, 4.69) is 37.3 Å². The van der Waals surface area contributed by atoms with Crippen molar-refractivity contribution in [2.24, 2.45) is 0 Å². The second-order valence-electron chi connectivity index (χ2n) is 9.32. The summed E-state index contributed by atoms with van der Waals surface area (Å²) >= 11 is 1.92. The molecule has 3 aromatic heterocycles. The zero-order chi connectivity index (χ0) is 26.5. The average Bonchev–Trinajstić information content (AvgIpc) is 3.24. The quantitative estimate of drug-likeness (QED) is 0.382. The van der Waals surface area contributed by atoms with Crippen molar-refractivity contribution in [2.45, 2.75) is 32.2 Å². The van der Waals surface area contributed by atoms with Crippen molar-refractivity contribution < 1.29 is 17.9 Å².